The third kappa shape index (κ3) is 5.91. The van der Waals surface area contributed by atoms with Crippen LogP contribution in [0.15, 0.2) is 12.7 Å². The van der Waals surface area contributed by atoms with E-state index in [9.17, 15) is 19.2 Å². The van der Waals surface area contributed by atoms with Crippen LogP contribution in [0.2, 0.25) is 0 Å². The Morgan fingerprint density at radius 2 is 1.61 bits per heavy atom. The number of anilines is 1. The lowest BCUT2D eigenvalue weighted by atomic mass is 9.96. The highest BCUT2D eigenvalue weighted by Gasteiger charge is 2.52. The molecule has 0 spiro atoms. The average Bonchev–Trinajstić information content (AvgIpc) is 3.19. The Labute approximate surface area is 187 Å². The van der Waals surface area contributed by atoms with E-state index in [4.69, 9.17) is 23.7 Å². The Bertz CT molecular complexity index is 1040. The second-order valence-corrected chi connectivity index (χ2v) is 7.10. The van der Waals surface area contributed by atoms with E-state index in [2.05, 4.69) is 25.3 Å². The minimum atomic E-state index is -1.34. The number of carbonyl (C=O) groups is 4. The average molecular weight is 465 g/mol. The van der Waals surface area contributed by atoms with Crippen LogP contribution >= 0.6 is 0 Å². The molecule has 3 heterocycles. The number of hydrogen-bond acceptors (Lipinski definition) is 13. The highest BCUT2D eigenvalue weighted by atomic mass is 16.7. The Kier molecular flexibility index (Phi) is 7.37. The molecule has 178 valence electrons. The van der Waals surface area contributed by atoms with Gasteiger partial charge in [-0.15, -0.1) is 0 Å². The number of nitrogens with zero attached hydrogens (tertiary/aromatic N) is 3. The number of fused-ring (bicyclic) bond motifs is 1. The van der Waals surface area contributed by atoms with Crippen LogP contribution in [-0.4, -0.2) is 81.1 Å². The van der Waals surface area contributed by atoms with Crippen molar-refractivity contribution in [2.75, 3.05) is 11.9 Å². The van der Waals surface area contributed by atoms with E-state index in [-0.39, 0.29) is 12.4 Å². The van der Waals surface area contributed by atoms with Gasteiger partial charge in [0.15, 0.2) is 23.7 Å². The van der Waals surface area contributed by atoms with Gasteiger partial charge in [0.25, 0.3) is 0 Å². The number of ether oxygens (including phenoxy) is 5. The molecule has 0 radical (unpaired) electrons. The van der Waals surface area contributed by atoms with Crippen LogP contribution in [0.3, 0.4) is 0 Å². The topological polar surface area (TPSA) is 181 Å². The monoisotopic (exact) mass is 465 g/mol. The normalized spacial score (nSPS) is 24.5. The molecule has 5 atom stereocenters. The fraction of sp³-hybridized carbons (Fsp3) is 0.526. The highest BCUT2D eigenvalue weighted by Crippen LogP contribution is 2.30. The quantitative estimate of drug-likeness (QED) is 0.407. The third-order valence-electron chi connectivity index (χ3n) is 4.51. The minimum absolute atomic E-state index is 0.236. The van der Waals surface area contributed by atoms with E-state index in [0.717, 1.165) is 20.8 Å². The number of carbonyl (C=O) groups excluding carboxylic acids is 4. The molecule has 0 amide bonds. The molecule has 0 aliphatic carbocycles. The molecule has 0 saturated carbocycles. The van der Waals surface area contributed by atoms with Crippen LogP contribution in [0.4, 0.5) is 5.82 Å². The zero-order chi connectivity index (χ0) is 24.1. The molecule has 14 heteroatoms. The smallest absolute Gasteiger partial charge is 0.305 e. The maximum absolute atomic E-state index is 11.9. The van der Waals surface area contributed by atoms with Gasteiger partial charge in [0, 0.05) is 27.7 Å². The summed E-state index contributed by atoms with van der Waals surface area (Å²) in [7, 11) is 0. The lowest BCUT2D eigenvalue weighted by Crippen LogP contribution is -2.64. The van der Waals surface area contributed by atoms with E-state index in [1.807, 2.05) is 0 Å². The molecular formula is C19H23N5O9. The van der Waals surface area contributed by atoms with Crippen molar-refractivity contribution in [3.8, 4) is 0 Å². The Morgan fingerprint density at radius 3 is 2.24 bits per heavy atom. The van der Waals surface area contributed by atoms with Crippen molar-refractivity contribution < 1.29 is 42.9 Å². The first-order chi connectivity index (χ1) is 15.7. The van der Waals surface area contributed by atoms with Gasteiger partial charge < -0.3 is 34.0 Å². The lowest BCUT2D eigenvalue weighted by molar-refractivity contribution is -0.264. The van der Waals surface area contributed by atoms with Crippen LogP contribution in [-0.2, 0) is 42.9 Å². The lowest BCUT2D eigenvalue weighted by Gasteiger charge is -2.44. The van der Waals surface area contributed by atoms with Crippen LogP contribution < -0.4 is 5.32 Å². The van der Waals surface area contributed by atoms with E-state index < -0.39 is 54.5 Å². The Morgan fingerprint density at radius 1 is 0.939 bits per heavy atom. The number of aromatic nitrogens is 4. The van der Waals surface area contributed by atoms with E-state index in [1.54, 1.807) is 0 Å². The zero-order valence-electron chi connectivity index (χ0n) is 18.3. The van der Waals surface area contributed by atoms with Crippen LogP contribution in [0.25, 0.3) is 11.2 Å². The van der Waals surface area contributed by atoms with E-state index in [1.165, 1.54) is 19.6 Å². The van der Waals surface area contributed by atoms with Gasteiger partial charge >= 0.3 is 23.9 Å². The standard InChI is InChI=1S/C19H23N5O9/c1-8(25)29-5-12-15(30-9(2)26)16(31-10(3)27)13(19(33-12)32-11(4)28)24-18-14-17(21-6-20-14)22-7-23-18/h6-7,12-13,15-16,19H,5H2,1-4H3,(H2,20,21,22,23,24)/t12-,13-,15+,16+,19+/m0/s1. The summed E-state index contributed by atoms with van der Waals surface area (Å²) in [4.78, 5) is 62.0. The number of imidazole rings is 1. The fourth-order valence-corrected chi connectivity index (χ4v) is 3.35. The van der Waals surface area contributed by atoms with Crippen molar-refractivity contribution in [1.29, 1.82) is 0 Å². The predicted octanol–water partition coefficient (Wildman–Crippen LogP) is -0.152. The van der Waals surface area contributed by atoms with Crippen molar-refractivity contribution in [3.63, 3.8) is 0 Å². The number of hydrogen-bond donors (Lipinski definition) is 2. The molecule has 1 saturated heterocycles. The van der Waals surface area contributed by atoms with E-state index >= 15 is 0 Å². The number of nitrogens with one attached hydrogen (secondary N) is 2. The molecule has 0 bridgehead atoms. The summed E-state index contributed by atoms with van der Waals surface area (Å²) in [6.07, 6.45) is -2.23. The number of rotatable bonds is 7. The minimum Gasteiger partial charge on any atom is -0.463 e. The number of H-pyrrole nitrogens is 1. The summed E-state index contributed by atoms with van der Waals surface area (Å²) in [5, 5.41) is 3.01. The second-order valence-electron chi connectivity index (χ2n) is 7.10. The van der Waals surface area contributed by atoms with Gasteiger partial charge in [0.1, 0.15) is 30.6 Å². The number of esters is 4. The van der Waals surface area contributed by atoms with Crippen LogP contribution in [0.5, 0.6) is 0 Å². The van der Waals surface area contributed by atoms with Gasteiger partial charge in [-0.3, -0.25) is 19.2 Å². The molecule has 33 heavy (non-hydrogen) atoms. The van der Waals surface area contributed by atoms with Crippen molar-refractivity contribution in [1.82, 2.24) is 19.9 Å². The molecule has 1 aliphatic rings. The van der Waals surface area contributed by atoms with E-state index in [0.29, 0.717) is 11.2 Å². The summed E-state index contributed by atoms with van der Waals surface area (Å²) in [5.41, 5.74) is 0.772. The van der Waals surface area contributed by atoms with Gasteiger partial charge in [0.2, 0.25) is 6.29 Å². The maximum atomic E-state index is 11.9. The fourth-order valence-electron chi connectivity index (χ4n) is 3.35. The SMILES string of the molecule is CC(=O)OC[C@@H]1O[C@@H](OC(C)=O)[C@@H](Nc2ncnc3nc[nH]c23)[C@@H](OC(C)=O)[C@@H]1OC(C)=O. The van der Waals surface area contributed by atoms with Crippen molar-refractivity contribution >= 4 is 40.9 Å². The molecule has 2 aromatic heterocycles. The maximum Gasteiger partial charge on any atom is 0.305 e. The summed E-state index contributed by atoms with van der Waals surface area (Å²) < 4.78 is 27.0. The molecule has 2 N–H and O–H groups in total. The summed E-state index contributed by atoms with van der Waals surface area (Å²) in [6.45, 7) is 4.32. The highest BCUT2D eigenvalue weighted by molar-refractivity contribution is 5.82. The third-order valence-corrected chi connectivity index (χ3v) is 4.51. The second kappa shape index (κ2) is 10.2. The van der Waals surface area contributed by atoms with Gasteiger partial charge in [-0.25, -0.2) is 15.0 Å². The summed E-state index contributed by atoms with van der Waals surface area (Å²) >= 11 is 0. The van der Waals surface area contributed by atoms with Gasteiger partial charge in [-0.2, -0.15) is 0 Å². The van der Waals surface area contributed by atoms with Crippen molar-refractivity contribution in [2.45, 2.75) is 58.3 Å². The molecule has 0 aromatic carbocycles. The first-order valence-corrected chi connectivity index (χ1v) is 9.86. The van der Waals surface area contributed by atoms with Gasteiger partial charge in [-0.05, 0) is 0 Å². The first-order valence-electron chi connectivity index (χ1n) is 9.86. The Balaban J connectivity index is 2.03. The van der Waals surface area contributed by atoms with Crippen molar-refractivity contribution in [2.24, 2.45) is 0 Å². The zero-order valence-corrected chi connectivity index (χ0v) is 18.3. The van der Waals surface area contributed by atoms with Crippen LogP contribution in [0.1, 0.15) is 27.7 Å². The molecule has 1 fully saturated rings. The summed E-state index contributed by atoms with van der Waals surface area (Å²) in [5.74, 6) is -2.47. The molecule has 2 aromatic rings. The first kappa shape index (κ1) is 23.8. The largest absolute Gasteiger partial charge is 0.463 e. The van der Waals surface area contributed by atoms with Gasteiger partial charge in [0.05, 0.1) is 6.33 Å². The summed E-state index contributed by atoms with van der Waals surface area (Å²) in [6, 6.07) is -1.09. The molecule has 3 rings (SSSR count). The van der Waals surface area contributed by atoms with Crippen molar-refractivity contribution in [3.05, 3.63) is 12.7 Å². The molecule has 14 nitrogen and oxygen atoms in total. The molecule has 1 aliphatic heterocycles. The molecule has 0 unspecified atom stereocenters. The molecular weight excluding hydrogens is 442 g/mol. The number of aromatic amines is 1. The predicted molar refractivity (Wildman–Crippen MR) is 107 cm³/mol. The Hall–Kier alpha value is -3.81. The van der Waals surface area contributed by atoms with Gasteiger partial charge in [-0.1, -0.05) is 0 Å². The van der Waals surface area contributed by atoms with Crippen LogP contribution in [0, 0.1) is 0 Å².